The summed E-state index contributed by atoms with van der Waals surface area (Å²) in [6, 6.07) is 15.2. The van der Waals surface area contributed by atoms with E-state index in [0.29, 0.717) is 23.7 Å². The lowest BCUT2D eigenvalue weighted by atomic mass is 10.1. The zero-order valence-electron chi connectivity index (χ0n) is 19.8. The van der Waals surface area contributed by atoms with Gasteiger partial charge in [0.25, 0.3) is 11.1 Å². The minimum Gasteiger partial charge on any atom is -0.493 e. The number of hydrogen-bond acceptors (Lipinski definition) is 10. The molecule has 0 radical (unpaired) electrons. The zero-order valence-corrected chi connectivity index (χ0v) is 22.3. The summed E-state index contributed by atoms with van der Waals surface area (Å²) >= 11 is 2.41. The van der Waals surface area contributed by atoms with Crippen molar-refractivity contribution in [3.05, 3.63) is 59.2 Å². The van der Waals surface area contributed by atoms with Gasteiger partial charge in [0.05, 0.1) is 19.5 Å². The Bertz CT molecular complexity index is 1390. The maximum atomic E-state index is 12.5. The predicted octanol–water partition coefficient (Wildman–Crippen LogP) is 4.37. The molecule has 1 N–H and O–H groups in total. The largest absolute Gasteiger partial charge is 0.493 e. The van der Waals surface area contributed by atoms with E-state index < -0.39 is 15.7 Å². The van der Waals surface area contributed by atoms with E-state index in [-0.39, 0.29) is 21.6 Å². The van der Waals surface area contributed by atoms with Crippen molar-refractivity contribution in [2.24, 2.45) is 0 Å². The molecule has 3 rings (SSSR count). The number of aryl methyl sites for hydroxylation is 1. The Morgan fingerprint density at radius 1 is 1.22 bits per heavy atom. The summed E-state index contributed by atoms with van der Waals surface area (Å²) in [6.45, 7) is 3.98. The average molecular weight is 545 g/mol. The van der Waals surface area contributed by atoms with E-state index in [1.54, 1.807) is 30.0 Å². The summed E-state index contributed by atoms with van der Waals surface area (Å²) in [5.41, 5.74) is 1.56. The Morgan fingerprint density at radius 2 is 1.97 bits per heavy atom. The van der Waals surface area contributed by atoms with Gasteiger partial charge in [-0.1, -0.05) is 30.7 Å². The molecule has 0 saturated heterocycles. The Balaban J connectivity index is 1.64. The van der Waals surface area contributed by atoms with Gasteiger partial charge in [0, 0.05) is 22.2 Å². The van der Waals surface area contributed by atoms with Crippen LogP contribution in [-0.2, 0) is 14.6 Å². The number of anilines is 1. The number of carbonyl (C=O) groups is 1. The lowest BCUT2D eigenvalue weighted by Gasteiger charge is -2.11. The van der Waals surface area contributed by atoms with E-state index in [2.05, 4.69) is 38.9 Å². The molecule has 1 amide bonds. The van der Waals surface area contributed by atoms with Crippen LogP contribution in [0.15, 0.2) is 58.1 Å². The topological polar surface area (TPSA) is 131 Å². The summed E-state index contributed by atoms with van der Waals surface area (Å²) < 4.78 is 38.7. The van der Waals surface area contributed by atoms with Crippen LogP contribution in [0.3, 0.4) is 0 Å². The first-order valence-electron chi connectivity index (χ1n) is 10.8. The monoisotopic (exact) mass is 544 g/mol. The third kappa shape index (κ3) is 7.30. The van der Waals surface area contributed by atoms with Gasteiger partial charge in [-0.2, -0.15) is 14.6 Å². The zero-order chi connectivity index (χ0) is 26.1. The van der Waals surface area contributed by atoms with E-state index in [1.165, 1.54) is 25.7 Å². The molecule has 0 bridgehead atoms. The highest BCUT2D eigenvalue weighted by Gasteiger charge is 2.20. The maximum Gasteiger partial charge on any atom is 0.268 e. The Labute approximate surface area is 218 Å². The number of nitriles is 1. The van der Waals surface area contributed by atoms with Crippen LogP contribution in [0, 0.1) is 18.3 Å². The predicted molar refractivity (Wildman–Crippen MR) is 140 cm³/mol. The van der Waals surface area contributed by atoms with E-state index >= 15 is 0 Å². The summed E-state index contributed by atoms with van der Waals surface area (Å²) in [5.74, 6) is 0.857. The van der Waals surface area contributed by atoms with Crippen LogP contribution in [0.1, 0.15) is 18.1 Å². The second kappa shape index (κ2) is 12.5. The first kappa shape index (κ1) is 27.2. The van der Waals surface area contributed by atoms with Gasteiger partial charge in [0.1, 0.15) is 11.6 Å². The van der Waals surface area contributed by atoms with Crippen molar-refractivity contribution in [1.29, 1.82) is 5.26 Å². The van der Waals surface area contributed by atoms with Crippen molar-refractivity contribution in [2.45, 2.75) is 23.9 Å². The number of ether oxygens (including phenoxy) is 2. The van der Waals surface area contributed by atoms with E-state index in [0.717, 1.165) is 22.2 Å². The smallest absolute Gasteiger partial charge is 0.268 e. The van der Waals surface area contributed by atoms with Crippen molar-refractivity contribution in [3.8, 4) is 17.6 Å². The highest BCUT2D eigenvalue weighted by molar-refractivity contribution is 7.99. The second-order valence-electron chi connectivity index (χ2n) is 7.33. The van der Waals surface area contributed by atoms with Gasteiger partial charge in [0.15, 0.2) is 11.5 Å². The number of nitrogens with one attached hydrogen (secondary N) is 1. The van der Waals surface area contributed by atoms with Crippen molar-refractivity contribution in [3.63, 3.8) is 0 Å². The summed E-state index contributed by atoms with van der Waals surface area (Å²) in [6.07, 6.45) is 1.39. The maximum absolute atomic E-state index is 12.5. The fourth-order valence-corrected chi connectivity index (χ4v) is 5.15. The number of methoxy groups -OCH3 is 1. The van der Waals surface area contributed by atoms with Gasteiger partial charge < -0.3 is 9.47 Å². The molecule has 1 heterocycles. The molecule has 2 aromatic carbocycles. The summed E-state index contributed by atoms with van der Waals surface area (Å²) in [4.78, 5) is 17.5. The standard InChI is InChI=1S/C24H24N4O5S3/c1-4-36(30,31)24-27-23(35-28-24)26-22(29)18(15-25)13-17-7-10-20(21(14-17)32-3)33-11-12-34-19-8-5-16(2)6-9-19/h5-10,13-14H,4,11-12H2,1-3H3,(H,26,27,28,29). The molecule has 36 heavy (non-hydrogen) atoms. The van der Waals surface area contributed by atoms with Gasteiger partial charge in [-0.15, -0.1) is 11.8 Å². The highest BCUT2D eigenvalue weighted by Crippen LogP contribution is 2.29. The van der Waals surface area contributed by atoms with Gasteiger partial charge in [0.2, 0.25) is 15.0 Å². The van der Waals surface area contributed by atoms with Crippen molar-refractivity contribution < 1.29 is 22.7 Å². The Hall–Kier alpha value is -3.40. The number of amides is 1. The van der Waals surface area contributed by atoms with Crippen LogP contribution in [0.2, 0.25) is 0 Å². The molecule has 9 nitrogen and oxygen atoms in total. The van der Waals surface area contributed by atoms with Crippen LogP contribution >= 0.6 is 23.3 Å². The van der Waals surface area contributed by atoms with Crippen molar-refractivity contribution in [1.82, 2.24) is 9.36 Å². The fraction of sp³-hybridized carbons (Fsp3) is 0.250. The van der Waals surface area contributed by atoms with E-state index in [1.807, 2.05) is 13.0 Å². The number of thioether (sulfide) groups is 1. The summed E-state index contributed by atoms with van der Waals surface area (Å²) in [7, 11) is -2.09. The van der Waals surface area contributed by atoms with E-state index in [4.69, 9.17) is 9.47 Å². The molecule has 1 aromatic heterocycles. The third-order valence-electron chi connectivity index (χ3n) is 4.78. The molecule has 188 valence electrons. The number of aromatic nitrogens is 2. The normalized spacial score (nSPS) is 11.6. The van der Waals surface area contributed by atoms with Gasteiger partial charge >= 0.3 is 0 Å². The number of benzene rings is 2. The van der Waals surface area contributed by atoms with Crippen LogP contribution < -0.4 is 14.8 Å². The summed E-state index contributed by atoms with van der Waals surface area (Å²) in [5, 5.41) is 11.5. The first-order valence-corrected chi connectivity index (χ1v) is 14.2. The molecule has 0 unspecified atom stereocenters. The molecule has 0 aliphatic rings. The first-order chi connectivity index (χ1) is 17.2. The molecule has 0 aliphatic heterocycles. The molecular formula is C24H24N4O5S3. The average Bonchev–Trinajstić information content (AvgIpc) is 3.36. The molecule has 0 fully saturated rings. The quantitative estimate of drug-likeness (QED) is 0.162. The molecular weight excluding hydrogens is 520 g/mol. The van der Waals surface area contributed by atoms with Gasteiger partial charge in [-0.05, 0) is 42.8 Å². The van der Waals surface area contributed by atoms with Crippen LogP contribution in [-0.4, -0.2) is 48.9 Å². The molecule has 0 saturated carbocycles. The number of carbonyl (C=O) groups excluding carboxylic acids is 1. The van der Waals surface area contributed by atoms with E-state index in [9.17, 15) is 18.5 Å². The second-order valence-corrected chi connectivity index (χ2v) is 11.4. The molecule has 0 aliphatic carbocycles. The highest BCUT2D eigenvalue weighted by atomic mass is 32.2. The Morgan fingerprint density at radius 3 is 2.64 bits per heavy atom. The number of sulfone groups is 1. The lowest BCUT2D eigenvalue weighted by molar-refractivity contribution is -0.112. The molecule has 0 atom stereocenters. The van der Waals surface area contributed by atoms with Crippen molar-refractivity contribution in [2.75, 3.05) is 30.5 Å². The third-order valence-corrected chi connectivity index (χ3v) is 8.00. The number of rotatable bonds is 11. The minimum atomic E-state index is -3.59. The number of nitrogens with zero attached hydrogens (tertiary/aromatic N) is 3. The SMILES string of the molecule is CCS(=O)(=O)c1nsc(NC(=O)C(C#N)=Cc2ccc(OCCSc3ccc(C)cc3)c(OC)c2)n1. The van der Waals surface area contributed by atoms with Crippen LogP contribution in [0.4, 0.5) is 5.13 Å². The molecule has 3 aromatic rings. The van der Waals surface area contributed by atoms with Crippen molar-refractivity contribution >= 4 is 50.2 Å². The fourth-order valence-electron chi connectivity index (χ4n) is 2.83. The minimum absolute atomic E-state index is 0.0157. The molecule has 12 heteroatoms. The van der Waals surface area contributed by atoms with Crippen LogP contribution in [0.25, 0.3) is 6.08 Å². The Kier molecular flexibility index (Phi) is 9.46. The van der Waals surface area contributed by atoms with Crippen LogP contribution in [0.5, 0.6) is 11.5 Å². The van der Waals surface area contributed by atoms with Gasteiger partial charge in [-0.3, -0.25) is 10.1 Å². The lowest BCUT2D eigenvalue weighted by Crippen LogP contribution is -2.13. The van der Waals surface area contributed by atoms with Gasteiger partial charge in [-0.25, -0.2) is 8.42 Å². The number of hydrogen-bond donors (Lipinski definition) is 1. The molecule has 0 spiro atoms.